The van der Waals surface area contributed by atoms with Crippen LogP contribution in [0.2, 0.25) is 0 Å². The Labute approximate surface area is 145 Å². The second-order valence-corrected chi connectivity index (χ2v) is 7.90. The van der Waals surface area contributed by atoms with Gasteiger partial charge in [0.25, 0.3) is 5.91 Å². The van der Waals surface area contributed by atoms with E-state index in [0.717, 1.165) is 55.2 Å². The number of hydrogen-bond acceptors (Lipinski definition) is 3. The van der Waals surface area contributed by atoms with Crippen molar-refractivity contribution in [2.24, 2.45) is 17.8 Å². The summed E-state index contributed by atoms with van der Waals surface area (Å²) in [5.74, 6) is 3.69. The van der Waals surface area contributed by atoms with Crippen molar-refractivity contribution in [2.75, 3.05) is 24.5 Å². The second kappa shape index (κ2) is 7.12. The number of fused-ring (bicyclic) bond motifs is 2. The molecule has 2 heterocycles. The molecule has 1 saturated heterocycles. The molecule has 3 atom stereocenters. The minimum absolute atomic E-state index is 0.0480. The lowest BCUT2D eigenvalue weighted by atomic mass is 9.86. The summed E-state index contributed by atoms with van der Waals surface area (Å²) in [6, 6.07) is 3.79. The van der Waals surface area contributed by atoms with Crippen LogP contribution in [0.3, 0.4) is 0 Å². The Bertz CT molecular complexity index is 582. The van der Waals surface area contributed by atoms with E-state index in [1.165, 1.54) is 44.9 Å². The molecule has 1 amide bonds. The molecular weight excluding hydrogens is 298 g/mol. The van der Waals surface area contributed by atoms with Gasteiger partial charge in [-0.15, -0.1) is 0 Å². The average Bonchev–Trinajstić information content (AvgIpc) is 3.25. The van der Waals surface area contributed by atoms with Crippen LogP contribution in [0.15, 0.2) is 18.3 Å². The van der Waals surface area contributed by atoms with Crippen LogP contribution in [0.1, 0.15) is 61.7 Å². The Balaban J connectivity index is 1.34. The normalized spacial score (nSPS) is 29.0. The van der Waals surface area contributed by atoms with Crippen molar-refractivity contribution in [1.29, 1.82) is 0 Å². The number of nitrogens with one attached hydrogen (secondary N) is 1. The Kier molecular flexibility index (Phi) is 4.72. The molecule has 3 aliphatic rings. The van der Waals surface area contributed by atoms with Crippen LogP contribution < -0.4 is 10.2 Å². The summed E-state index contributed by atoms with van der Waals surface area (Å²) >= 11 is 0. The number of piperidine rings is 1. The van der Waals surface area contributed by atoms with Crippen LogP contribution in [-0.4, -0.2) is 30.5 Å². The van der Waals surface area contributed by atoms with E-state index in [0.29, 0.717) is 0 Å². The molecular formula is C20H29N3O. The Morgan fingerprint density at radius 1 is 1.21 bits per heavy atom. The summed E-state index contributed by atoms with van der Waals surface area (Å²) in [7, 11) is 0. The van der Waals surface area contributed by atoms with Crippen molar-refractivity contribution >= 4 is 11.7 Å². The molecule has 0 spiro atoms. The summed E-state index contributed by atoms with van der Waals surface area (Å²) in [6.07, 6.45) is 12.3. The van der Waals surface area contributed by atoms with Gasteiger partial charge in [0.05, 0.1) is 5.56 Å². The fourth-order valence-corrected chi connectivity index (χ4v) is 5.13. The number of aromatic nitrogens is 1. The van der Waals surface area contributed by atoms with E-state index in [-0.39, 0.29) is 5.91 Å². The minimum Gasteiger partial charge on any atom is -0.356 e. The molecule has 0 aromatic carbocycles. The van der Waals surface area contributed by atoms with E-state index < -0.39 is 0 Å². The van der Waals surface area contributed by atoms with Crippen LogP contribution in [-0.2, 0) is 0 Å². The fourth-order valence-electron chi connectivity index (χ4n) is 5.13. The molecule has 2 aliphatic carbocycles. The monoisotopic (exact) mass is 327 g/mol. The molecule has 2 bridgehead atoms. The second-order valence-electron chi connectivity index (χ2n) is 7.90. The standard InChI is InChI=1S/C20H29N3O/c24-20(22-10-8-17-14-15-6-7-16(17)13-15)18-5-4-9-21-19(18)23-11-2-1-3-12-23/h4-5,9,15-17H,1-3,6-8,10-14H2,(H,22,24). The minimum atomic E-state index is 0.0480. The maximum Gasteiger partial charge on any atom is 0.255 e. The van der Waals surface area contributed by atoms with E-state index in [4.69, 9.17) is 0 Å². The molecule has 0 radical (unpaired) electrons. The van der Waals surface area contributed by atoms with E-state index >= 15 is 0 Å². The molecule has 4 nitrogen and oxygen atoms in total. The fraction of sp³-hybridized carbons (Fsp3) is 0.700. The van der Waals surface area contributed by atoms with Crippen LogP contribution in [0.4, 0.5) is 5.82 Å². The molecule has 3 unspecified atom stereocenters. The van der Waals surface area contributed by atoms with Gasteiger partial charge in [0.15, 0.2) is 0 Å². The summed E-state index contributed by atoms with van der Waals surface area (Å²) in [5, 5.41) is 3.16. The smallest absolute Gasteiger partial charge is 0.255 e. The van der Waals surface area contributed by atoms with Crippen molar-refractivity contribution in [3.8, 4) is 0 Å². The third kappa shape index (κ3) is 3.28. The van der Waals surface area contributed by atoms with Gasteiger partial charge in [-0.3, -0.25) is 4.79 Å². The molecule has 1 aromatic rings. The third-order valence-corrected chi connectivity index (χ3v) is 6.37. The Morgan fingerprint density at radius 2 is 2.08 bits per heavy atom. The number of anilines is 1. The quantitative estimate of drug-likeness (QED) is 0.898. The first-order valence-electron chi connectivity index (χ1n) is 9.79. The number of rotatable bonds is 5. The van der Waals surface area contributed by atoms with Crippen molar-refractivity contribution in [3.05, 3.63) is 23.9 Å². The first-order chi connectivity index (χ1) is 11.8. The molecule has 4 rings (SSSR count). The van der Waals surface area contributed by atoms with Gasteiger partial charge >= 0.3 is 0 Å². The van der Waals surface area contributed by atoms with Crippen LogP contribution in [0, 0.1) is 17.8 Å². The van der Waals surface area contributed by atoms with Gasteiger partial charge in [0.1, 0.15) is 5.82 Å². The zero-order valence-electron chi connectivity index (χ0n) is 14.5. The van der Waals surface area contributed by atoms with E-state index in [9.17, 15) is 4.79 Å². The summed E-state index contributed by atoms with van der Waals surface area (Å²) in [6.45, 7) is 2.84. The predicted octanol–water partition coefficient (Wildman–Crippen LogP) is 3.63. The maximum absolute atomic E-state index is 12.7. The van der Waals surface area contributed by atoms with Gasteiger partial charge in [0.2, 0.25) is 0 Å². The van der Waals surface area contributed by atoms with Gasteiger partial charge in [-0.1, -0.05) is 6.42 Å². The highest BCUT2D eigenvalue weighted by Gasteiger charge is 2.38. The molecule has 2 saturated carbocycles. The van der Waals surface area contributed by atoms with Crippen LogP contribution in [0.25, 0.3) is 0 Å². The first kappa shape index (κ1) is 15.9. The maximum atomic E-state index is 12.7. The highest BCUT2D eigenvalue weighted by atomic mass is 16.1. The zero-order valence-corrected chi connectivity index (χ0v) is 14.5. The topological polar surface area (TPSA) is 45.2 Å². The summed E-state index contributed by atoms with van der Waals surface area (Å²) in [5.41, 5.74) is 0.743. The van der Waals surface area contributed by atoms with Gasteiger partial charge in [0, 0.05) is 25.8 Å². The summed E-state index contributed by atoms with van der Waals surface area (Å²) < 4.78 is 0. The largest absolute Gasteiger partial charge is 0.356 e. The Morgan fingerprint density at radius 3 is 2.83 bits per heavy atom. The van der Waals surface area contributed by atoms with Crippen molar-refractivity contribution in [3.63, 3.8) is 0 Å². The third-order valence-electron chi connectivity index (χ3n) is 6.37. The number of carbonyl (C=O) groups excluding carboxylic acids is 1. The van der Waals surface area contributed by atoms with Gasteiger partial charge in [-0.2, -0.15) is 0 Å². The van der Waals surface area contributed by atoms with Crippen molar-refractivity contribution in [1.82, 2.24) is 10.3 Å². The van der Waals surface area contributed by atoms with Crippen molar-refractivity contribution < 1.29 is 4.79 Å². The molecule has 130 valence electrons. The lowest BCUT2D eigenvalue weighted by Gasteiger charge is -2.29. The predicted molar refractivity (Wildman–Crippen MR) is 96.2 cm³/mol. The number of carbonyl (C=O) groups is 1. The van der Waals surface area contributed by atoms with E-state index in [1.807, 2.05) is 12.1 Å². The number of nitrogens with zero attached hydrogens (tertiary/aromatic N) is 2. The molecule has 1 aliphatic heterocycles. The van der Waals surface area contributed by atoms with Gasteiger partial charge < -0.3 is 10.2 Å². The molecule has 4 heteroatoms. The average molecular weight is 327 g/mol. The summed E-state index contributed by atoms with van der Waals surface area (Å²) in [4.78, 5) is 19.4. The zero-order chi connectivity index (χ0) is 16.4. The molecule has 3 fully saturated rings. The lowest BCUT2D eigenvalue weighted by molar-refractivity contribution is 0.0950. The van der Waals surface area contributed by atoms with Crippen molar-refractivity contribution in [2.45, 2.75) is 51.4 Å². The molecule has 1 N–H and O–H groups in total. The van der Waals surface area contributed by atoms with Gasteiger partial charge in [-0.05, 0) is 74.8 Å². The lowest BCUT2D eigenvalue weighted by Crippen LogP contribution is -2.34. The molecule has 24 heavy (non-hydrogen) atoms. The van der Waals surface area contributed by atoms with Gasteiger partial charge in [-0.25, -0.2) is 4.98 Å². The highest BCUT2D eigenvalue weighted by Crippen LogP contribution is 2.49. The van der Waals surface area contributed by atoms with E-state index in [1.54, 1.807) is 6.20 Å². The van der Waals surface area contributed by atoms with E-state index in [2.05, 4.69) is 15.2 Å². The number of hydrogen-bond donors (Lipinski definition) is 1. The number of amides is 1. The first-order valence-corrected chi connectivity index (χ1v) is 9.79. The highest BCUT2D eigenvalue weighted by molar-refractivity contribution is 5.98. The SMILES string of the molecule is O=C(NCCC1CC2CCC1C2)c1cccnc1N1CCCCC1. The number of pyridine rings is 1. The van der Waals surface area contributed by atoms with Crippen LogP contribution in [0.5, 0.6) is 0 Å². The Hall–Kier alpha value is -1.58. The molecule has 1 aromatic heterocycles. The van der Waals surface area contributed by atoms with Crippen LogP contribution >= 0.6 is 0 Å².